The Morgan fingerprint density at radius 3 is 1.11 bits per heavy atom. The van der Waals surface area contributed by atoms with Crippen molar-refractivity contribution in [2.75, 3.05) is 0 Å². The van der Waals surface area contributed by atoms with Gasteiger partial charge in [-0.15, -0.1) is 0 Å². The predicted octanol–water partition coefficient (Wildman–Crippen LogP) is 26.9. The number of nitrogens with zero attached hydrogens (tertiary/aromatic N) is 6. The summed E-state index contributed by atoms with van der Waals surface area (Å²) in [5, 5.41) is 2.27. The summed E-state index contributed by atoms with van der Waals surface area (Å²) in [7, 11) is 0. The molecule has 4 aliphatic rings. The summed E-state index contributed by atoms with van der Waals surface area (Å²) < 4.78 is 0. The smallest absolute Gasteiger partial charge is 0.164 e. The van der Waals surface area contributed by atoms with Crippen molar-refractivity contribution < 1.29 is 0 Å². The van der Waals surface area contributed by atoms with Gasteiger partial charge in [-0.1, -0.05) is 373 Å². The molecule has 0 amide bonds. The first-order valence-corrected chi connectivity index (χ1v) is 41.4. The molecule has 0 bridgehead atoms. The average molecular weight is 1520 g/mol. The molecule has 0 radical (unpaired) electrons. The van der Waals surface area contributed by atoms with E-state index in [2.05, 4.69) is 380 Å². The maximum atomic E-state index is 5.56. The Morgan fingerprint density at radius 2 is 0.526 bits per heavy atom. The molecule has 8 heteroatoms. The molecular weight excluding hydrogens is 1450 g/mol. The maximum Gasteiger partial charge on any atom is 0.164 e. The Hall–Kier alpha value is -13.5. The highest BCUT2D eigenvalue weighted by Gasteiger charge is 2.55. The summed E-state index contributed by atoms with van der Waals surface area (Å²) in [5.41, 5.74) is 27.8. The van der Waals surface area contributed by atoms with Gasteiger partial charge in [-0.3, -0.25) is 0 Å². The highest BCUT2D eigenvalue weighted by Crippen LogP contribution is 2.65. The van der Waals surface area contributed by atoms with E-state index in [0.717, 1.165) is 83.1 Å². The third-order valence-electron chi connectivity index (χ3n) is 24.8. The van der Waals surface area contributed by atoms with E-state index in [-0.39, 0.29) is 10.8 Å². The zero-order valence-corrected chi connectivity index (χ0v) is 65.9. The van der Waals surface area contributed by atoms with Gasteiger partial charge >= 0.3 is 0 Å². The Bertz CT molecular complexity index is 7020. The highest BCUT2D eigenvalue weighted by molar-refractivity contribution is 7.99. The zero-order chi connectivity index (χ0) is 77.4. The van der Waals surface area contributed by atoms with Crippen LogP contribution in [-0.4, -0.2) is 29.9 Å². The predicted molar refractivity (Wildman–Crippen MR) is 474 cm³/mol. The first-order chi connectivity index (χ1) is 57.0. The van der Waals surface area contributed by atoms with Crippen LogP contribution in [0.1, 0.15) is 94.5 Å². The number of hydrogen-bond acceptors (Lipinski definition) is 8. The molecule has 2 spiro atoms. The van der Waals surface area contributed by atoms with Crippen molar-refractivity contribution in [1.29, 1.82) is 0 Å². The van der Waals surface area contributed by atoms with Crippen molar-refractivity contribution in [3.8, 4) is 113 Å². The summed E-state index contributed by atoms with van der Waals surface area (Å²) in [6, 6.07) is 138. The van der Waals surface area contributed by atoms with E-state index >= 15 is 0 Å². The van der Waals surface area contributed by atoms with E-state index in [0.29, 0.717) is 34.9 Å². The third kappa shape index (κ3) is 10.9. The Kier molecular flexibility index (Phi) is 16.2. The van der Waals surface area contributed by atoms with Crippen LogP contribution in [0.4, 0.5) is 0 Å². The Balaban J connectivity index is 0.666. The number of rotatable bonds is 10. The minimum absolute atomic E-state index is 0.347. The monoisotopic (exact) mass is 1520 g/mol. The van der Waals surface area contributed by atoms with Crippen molar-refractivity contribution in [1.82, 2.24) is 29.9 Å². The molecule has 18 aromatic rings. The Labute approximate surface area is 683 Å². The van der Waals surface area contributed by atoms with E-state index < -0.39 is 10.8 Å². The second-order valence-corrected chi connectivity index (χ2v) is 34.1. The molecule has 1 unspecified atom stereocenters. The van der Waals surface area contributed by atoms with Crippen LogP contribution in [0.15, 0.2) is 396 Å². The zero-order valence-electron chi connectivity index (χ0n) is 64.3. The summed E-state index contributed by atoms with van der Waals surface area (Å²) in [6.45, 7) is 9.62. The molecule has 4 heterocycles. The summed E-state index contributed by atoms with van der Waals surface area (Å²) in [4.78, 5) is 37.3. The molecule has 16 aromatic carbocycles. The van der Waals surface area contributed by atoms with Gasteiger partial charge in [-0.25, -0.2) is 29.9 Å². The lowest BCUT2D eigenvalue weighted by Gasteiger charge is -2.51. The van der Waals surface area contributed by atoms with E-state index in [1.807, 2.05) is 47.8 Å². The normalized spacial score (nSPS) is 15.2. The fourth-order valence-electron chi connectivity index (χ4n) is 19.5. The summed E-state index contributed by atoms with van der Waals surface area (Å²) >= 11 is 3.74. The van der Waals surface area contributed by atoms with Gasteiger partial charge < -0.3 is 0 Å². The van der Waals surface area contributed by atoms with Crippen molar-refractivity contribution in [2.24, 2.45) is 0 Å². The van der Waals surface area contributed by atoms with Gasteiger partial charge in [0.05, 0.1) is 10.8 Å². The minimum Gasteiger partial charge on any atom is -0.208 e. The minimum atomic E-state index is -0.707. The molecule has 0 fully saturated rings. The van der Waals surface area contributed by atoms with Crippen molar-refractivity contribution in [3.63, 3.8) is 0 Å². The maximum absolute atomic E-state index is 5.56. The Morgan fingerprint density at radius 1 is 0.181 bits per heavy atom. The van der Waals surface area contributed by atoms with Crippen molar-refractivity contribution in [2.45, 2.75) is 68.9 Å². The van der Waals surface area contributed by atoms with Gasteiger partial charge in [-0.2, -0.15) is 0 Å². The standard InChI is InChI=1S/C108H74N6S2/c1-105(2)83-44-15-17-46-86(83)108(93-65-73(57-59-85(93)105)71-35-25-39-77(62-71)102-109-99(69-32-9-6-10-33-69)113-104(114-102)82-42-14-13-41-80(82)68-30-7-5-8-31-68)90-50-21-24-54-96(90)116-97-66-74(58-60-91(97)108)72-36-26-38-76(63-72)100-110-101(112-103(111-100)79-56-55-67-29-11-12-34-70(67)61-79)78-40-27-37-75(64-78)81-43-28-51-92-98(81)106(3,4)84-45-16-18-47-87(84)107(92)88-48-19-22-52-94(88)115-95-53-23-20-49-89(95)107/h5-66H,1-4H3. The molecule has 0 saturated heterocycles. The lowest BCUT2D eigenvalue weighted by molar-refractivity contribution is 0.549. The molecule has 22 rings (SSSR count). The van der Waals surface area contributed by atoms with Gasteiger partial charge in [0.25, 0.3) is 0 Å². The van der Waals surface area contributed by atoms with E-state index in [9.17, 15) is 0 Å². The molecule has 1 atom stereocenters. The first kappa shape index (κ1) is 69.2. The number of hydrogen-bond donors (Lipinski definition) is 0. The number of fused-ring (bicyclic) bond motifs is 17. The van der Waals surface area contributed by atoms with Gasteiger partial charge in [0.1, 0.15) is 0 Å². The molecule has 116 heavy (non-hydrogen) atoms. The van der Waals surface area contributed by atoms with Crippen LogP contribution >= 0.6 is 23.5 Å². The summed E-state index contributed by atoms with van der Waals surface area (Å²) in [5.74, 6) is 3.63. The van der Waals surface area contributed by atoms with Crippen LogP contribution < -0.4 is 0 Å². The molecular formula is C108H74N6S2. The van der Waals surface area contributed by atoms with Crippen LogP contribution in [-0.2, 0) is 21.7 Å². The quantitative estimate of drug-likeness (QED) is 0.134. The van der Waals surface area contributed by atoms with Gasteiger partial charge in [0.2, 0.25) is 0 Å². The van der Waals surface area contributed by atoms with Gasteiger partial charge in [0, 0.05) is 63.8 Å². The first-order valence-electron chi connectivity index (χ1n) is 39.8. The average Bonchev–Trinajstić information content (AvgIpc) is 0.678. The van der Waals surface area contributed by atoms with Gasteiger partial charge in [-0.05, 0) is 177 Å². The lowest BCUT2D eigenvalue weighted by Crippen LogP contribution is -2.43. The molecule has 0 N–H and O–H groups in total. The van der Waals surface area contributed by atoms with E-state index in [1.54, 1.807) is 0 Å². The molecule has 2 aliphatic heterocycles. The summed E-state index contributed by atoms with van der Waals surface area (Å²) in [6.07, 6.45) is 0. The highest BCUT2D eigenvalue weighted by atomic mass is 32.2. The molecule has 2 aliphatic carbocycles. The molecule has 2 aromatic heterocycles. The third-order valence-corrected chi connectivity index (χ3v) is 27.1. The second kappa shape index (κ2) is 27.1. The fraction of sp³-hybridized carbons (Fsp3) is 0.0741. The van der Waals surface area contributed by atoms with Crippen LogP contribution in [0.2, 0.25) is 0 Å². The SMILES string of the molecule is CC1(C)c2ccccc2C2(c3ccccc3Sc3cc(-c4cccc(-c5nc(-c6cccc(-c7cccc8c7C(C)(C)c7ccccc7C87c8ccccc8Sc8ccccc87)c6)nc(-c6ccc7ccccc7c6)n5)c4)ccc32)c2cc(-c3cccc(-c4nc(-c5ccccc5)nc(-c5ccccc5-c5ccccc5)n4)c3)ccc21. The molecule has 0 saturated carbocycles. The van der Waals surface area contributed by atoms with Crippen LogP contribution in [0.25, 0.3) is 124 Å². The van der Waals surface area contributed by atoms with Gasteiger partial charge in [0.15, 0.2) is 34.9 Å². The fourth-order valence-corrected chi connectivity index (χ4v) is 21.9. The number of aromatic nitrogens is 6. The lowest BCUT2D eigenvalue weighted by atomic mass is 9.53. The van der Waals surface area contributed by atoms with Crippen LogP contribution in [0.5, 0.6) is 0 Å². The second-order valence-electron chi connectivity index (χ2n) is 31.9. The van der Waals surface area contributed by atoms with Crippen molar-refractivity contribution in [3.05, 3.63) is 443 Å². The largest absolute Gasteiger partial charge is 0.208 e. The molecule has 6 nitrogen and oxygen atoms in total. The van der Waals surface area contributed by atoms with Crippen molar-refractivity contribution >= 4 is 34.3 Å². The topological polar surface area (TPSA) is 77.3 Å². The molecule has 548 valence electrons. The van der Waals surface area contributed by atoms with E-state index in [4.69, 9.17) is 29.9 Å². The number of benzene rings is 16. The van der Waals surface area contributed by atoms with Crippen LogP contribution in [0, 0.1) is 0 Å². The van der Waals surface area contributed by atoms with Crippen LogP contribution in [0.3, 0.4) is 0 Å². The van der Waals surface area contributed by atoms with E-state index in [1.165, 1.54) is 91.9 Å².